The molecule has 238 valence electrons. The summed E-state index contributed by atoms with van der Waals surface area (Å²) < 4.78 is 4.95. The summed E-state index contributed by atoms with van der Waals surface area (Å²) in [5.74, 6) is -3.18. The standard InChI is InChI=1S/C31H30N6O8S/c1-19(38)45-17-22-18-46-28-24(27(40)37(28)25(22)29(41)42)33-26(39)23(21-12-6-3-7-13-21)34-30(43)35-15-16-36(31(35)44)32-14-8-11-20-9-4-2-5-10-20/h2-14,23-24,28H,15-18H2,1H3,(H,33,39)(H,34,43)(H,41,42)/t23?,24?,28-/m0/s1. The maximum Gasteiger partial charge on any atom is 0.352 e. The third-order valence-corrected chi connectivity index (χ3v) is 8.61. The minimum atomic E-state index is -1.36. The lowest BCUT2D eigenvalue weighted by atomic mass is 10.0. The Morgan fingerprint density at radius 1 is 1.07 bits per heavy atom. The molecule has 14 nitrogen and oxygen atoms in total. The molecule has 2 aromatic carbocycles. The topological polar surface area (TPSA) is 178 Å². The molecule has 0 saturated carbocycles. The number of benzene rings is 2. The van der Waals surface area contributed by atoms with Gasteiger partial charge >= 0.3 is 24.0 Å². The fourth-order valence-electron chi connectivity index (χ4n) is 5.02. The number of hydrogen-bond donors (Lipinski definition) is 3. The number of ether oxygens (including phenoxy) is 1. The van der Waals surface area contributed by atoms with Gasteiger partial charge in [-0.1, -0.05) is 66.7 Å². The highest BCUT2D eigenvalue weighted by Gasteiger charge is 2.54. The number of aliphatic carboxylic acids is 1. The van der Waals surface area contributed by atoms with E-state index in [-0.39, 0.29) is 36.7 Å². The van der Waals surface area contributed by atoms with E-state index in [2.05, 4.69) is 15.7 Å². The number of nitrogens with zero attached hydrogens (tertiary/aromatic N) is 4. The maximum absolute atomic E-state index is 13.6. The van der Waals surface area contributed by atoms with Gasteiger partial charge in [-0.3, -0.25) is 19.3 Å². The van der Waals surface area contributed by atoms with E-state index < -0.39 is 53.3 Å². The summed E-state index contributed by atoms with van der Waals surface area (Å²) in [6.07, 6.45) is 4.93. The Balaban J connectivity index is 1.25. The lowest BCUT2D eigenvalue weighted by Crippen LogP contribution is -2.71. The number of carbonyl (C=O) groups is 6. The Morgan fingerprint density at radius 3 is 2.43 bits per heavy atom. The molecule has 0 bridgehead atoms. The molecule has 0 aliphatic carbocycles. The van der Waals surface area contributed by atoms with E-state index in [9.17, 15) is 33.9 Å². The summed E-state index contributed by atoms with van der Waals surface area (Å²) in [5, 5.41) is 19.6. The van der Waals surface area contributed by atoms with Crippen molar-refractivity contribution in [3.63, 3.8) is 0 Å². The first-order valence-corrected chi connectivity index (χ1v) is 15.2. The van der Waals surface area contributed by atoms with Crippen molar-refractivity contribution in [1.82, 2.24) is 25.4 Å². The van der Waals surface area contributed by atoms with Crippen LogP contribution in [0.4, 0.5) is 9.59 Å². The van der Waals surface area contributed by atoms with E-state index in [1.54, 1.807) is 36.4 Å². The minimum absolute atomic E-state index is 0.0301. The molecular weight excluding hydrogens is 616 g/mol. The van der Waals surface area contributed by atoms with Crippen LogP contribution in [0, 0.1) is 0 Å². The highest BCUT2D eigenvalue weighted by molar-refractivity contribution is 8.00. The van der Waals surface area contributed by atoms with Crippen molar-refractivity contribution in [2.75, 3.05) is 25.4 Å². The van der Waals surface area contributed by atoms with Gasteiger partial charge in [-0.15, -0.1) is 11.8 Å². The number of amides is 6. The summed E-state index contributed by atoms with van der Waals surface area (Å²) in [6, 6.07) is 14.0. The number of nitrogens with one attached hydrogen (secondary N) is 2. The molecular formula is C31H30N6O8S. The lowest BCUT2D eigenvalue weighted by molar-refractivity contribution is -0.151. The first kappa shape index (κ1) is 32.0. The van der Waals surface area contributed by atoms with E-state index in [0.717, 1.165) is 20.4 Å². The number of β-lactam (4-membered cyclic amide) rings is 1. The molecule has 2 fully saturated rings. The molecule has 3 aliphatic rings. The van der Waals surface area contributed by atoms with Crippen LogP contribution in [0.3, 0.4) is 0 Å². The van der Waals surface area contributed by atoms with Crippen LogP contribution in [0.15, 0.2) is 83.1 Å². The predicted octanol–water partition coefficient (Wildman–Crippen LogP) is 2.18. The second-order valence-electron chi connectivity index (χ2n) is 10.3. The molecule has 3 N–H and O–H groups in total. The molecule has 15 heteroatoms. The van der Waals surface area contributed by atoms with Crippen LogP contribution in [-0.2, 0) is 23.9 Å². The van der Waals surface area contributed by atoms with Gasteiger partial charge in [0, 0.05) is 24.5 Å². The third-order valence-electron chi connectivity index (χ3n) is 7.27. The zero-order chi connectivity index (χ0) is 32.8. The van der Waals surface area contributed by atoms with Gasteiger partial charge in [-0.25, -0.2) is 24.3 Å². The summed E-state index contributed by atoms with van der Waals surface area (Å²) in [7, 11) is 0. The van der Waals surface area contributed by atoms with Crippen LogP contribution in [0.5, 0.6) is 0 Å². The fourth-order valence-corrected chi connectivity index (χ4v) is 6.35. The molecule has 3 atom stereocenters. The van der Waals surface area contributed by atoms with Gasteiger partial charge in [0.05, 0.1) is 13.1 Å². The van der Waals surface area contributed by atoms with Gasteiger partial charge < -0.3 is 20.5 Å². The number of allylic oxidation sites excluding steroid dienone is 1. The Kier molecular flexibility index (Phi) is 9.81. The van der Waals surface area contributed by atoms with E-state index in [4.69, 9.17) is 4.74 Å². The molecule has 2 saturated heterocycles. The zero-order valence-electron chi connectivity index (χ0n) is 24.6. The molecule has 46 heavy (non-hydrogen) atoms. The number of fused-ring (bicyclic) bond motifs is 1. The third kappa shape index (κ3) is 6.94. The van der Waals surface area contributed by atoms with E-state index in [0.29, 0.717) is 5.56 Å². The van der Waals surface area contributed by atoms with Crippen LogP contribution in [0.25, 0.3) is 6.08 Å². The van der Waals surface area contributed by atoms with E-state index in [1.807, 2.05) is 36.4 Å². The van der Waals surface area contributed by atoms with Crippen molar-refractivity contribution >= 4 is 59.9 Å². The van der Waals surface area contributed by atoms with Gasteiger partial charge in [-0.2, -0.15) is 5.10 Å². The molecule has 5 rings (SSSR count). The van der Waals surface area contributed by atoms with Crippen LogP contribution >= 0.6 is 11.8 Å². The van der Waals surface area contributed by atoms with Crippen LogP contribution in [-0.4, -0.2) is 98.8 Å². The normalized spacial score (nSPS) is 20.1. The van der Waals surface area contributed by atoms with Crippen LogP contribution < -0.4 is 10.6 Å². The van der Waals surface area contributed by atoms with Crippen molar-refractivity contribution in [1.29, 1.82) is 0 Å². The number of carboxylic acids is 1. The van der Waals surface area contributed by atoms with Crippen molar-refractivity contribution in [2.24, 2.45) is 5.10 Å². The largest absolute Gasteiger partial charge is 0.477 e. The second kappa shape index (κ2) is 14.1. The van der Waals surface area contributed by atoms with Gasteiger partial charge in [0.15, 0.2) is 0 Å². The minimum Gasteiger partial charge on any atom is -0.477 e. The summed E-state index contributed by atoms with van der Waals surface area (Å²) in [5.41, 5.74) is 1.32. The number of hydrogen-bond acceptors (Lipinski definition) is 9. The van der Waals surface area contributed by atoms with Crippen LogP contribution in [0.2, 0.25) is 0 Å². The molecule has 3 aliphatic heterocycles. The first-order chi connectivity index (χ1) is 22.2. The smallest absolute Gasteiger partial charge is 0.352 e. The molecule has 2 unspecified atom stereocenters. The fraction of sp³-hybridized carbons (Fsp3) is 0.258. The van der Waals surface area contributed by atoms with Crippen molar-refractivity contribution in [3.8, 4) is 0 Å². The maximum atomic E-state index is 13.6. The molecule has 3 heterocycles. The highest BCUT2D eigenvalue weighted by Crippen LogP contribution is 2.40. The number of thioether (sulfide) groups is 1. The lowest BCUT2D eigenvalue weighted by Gasteiger charge is -2.49. The Labute approximate surface area is 267 Å². The number of urea groups is 2. The monoisotopic (exact) mass is 646 g/mol. The average Bonchev–Trinajstić information content (AvgIpc) is 3.43. The number of imide groups is 1. The van der Waals surface area contributed by atoms with Crippen LogP contribution in [0.1, 0.15) is 24.1 Å². The quantitative estimate of drug-likeness (QED) is 0.198. The molecule has 6 amide bonds. The van der Waals surface area contributed by atoms with E-state index >= 15 is 0 Å². The predicted molar refractivity (Wildman–Crippen MR) is 167 cm³/mol. The molecule has 0 aromatic heterocycles. The first-order valence-electron chi connectivity index (χ1n) is 14.2. The second-order valence-corrected chi connectivity index (χ2v) is 11.4. The van der Waals surface area contributed by atoms with Gasteiger partial charge in [0.25, 0.3) is 5.91 Å². The number of rotatable bonds is 10. The summed E-state index contributed by atoms with van der Waals surface area (Å²) in [4.78, 5) is 78.2. The Morgan fingerprint density at radius 2 is 1.76 bits per heavy atom. The Hall–Kier alpha value is -5.44. The van der Waals surface area contributed by atoms with Crippen molar-refractivity contribution < 1.29 is 38.6 Å². The number of carboxylic acid groups (broad SMARTS) is 1. The van der Waals surface area contributed by atoms with Gasteiger partial charge in [-0.05, 0) is 17.2 Å². The average molecular weight is 647 g/mol. The summed E-state index contributed by atoms with van der Waals surface area (Å²) in [6.45, 7) is 1.09. The van der Waals surface area contributed by atoms with Gasteiger partial charge in [0.1, 0.15) is 29.8 Å². The number of carbonyl (C=O) groups excluding carboxylic acids is 5. The Bertz CT molecular complexity index is 1630. The van der Waals surface area contributed by atoms with Crippen molar-refractivity contribution in [3.05, 3.63) is 89.1 Å². The zero-order valence-corrected chi connectivity index (χ0v) is 25.4. The number of hydrazone groups is 1. The SMILES string of the molecule is CC(=O)OCC1=C(C(=O)O)N2C(=O)C(NC(=O)C(NC(=O)N3CCN(N=CC=Cc4ccccc4)C3=O)c3ccccc3)[C@@H]2SC1. The molecule has 0 radical (unpaired) electrons. The highest BCUT2D eigenvalue weighted by atomic mass is 32.2. The summed E-state index contributed by atoms with van der Waals surface area (Å²) >= 11 is 1.21. The number of esters is 1. The van der Waals surface area contributed by atoms with E-state index in [1.165, 1.54) is 24.9 Å². The van der Waals surface area contributed by atoms with Gasteiger partial charge in [0.2, 0.25) is 5.91 Å². The molecule has 0 spiro atoms. The molecule has 2 aromatic rings. The van der Waals surface area contributed by atoms with Crippen molar-refractivity contribution in [2.45, 2.75) is 24.4 Å².